The Morgan fingerprint density at radius 1 is 1.43 bits per heavy atom. The van der Waals surface area contributed by atoms with Gasteiger partial charge in [-0.2, -0.15) is 0 Å². The van der Waals surface area contributed by atoms with E-state index < -0.39 is 0 Å². The molecule has 2 aromatic rings. The summed E-state index contributed by atoms with van der Waals surface area (Å²) in [6.45, 7) is 0. The van der Waals surface area contributed by atoms with Gasteiger partial charge in [0.15, 0.2) is 0 Å². The van der Waals surface area contributed by atoms with Gasteiger partial charge in [0.05, 0.1) is 12.7 Å². The molecule has 0 radical (unpaired) electrons. The van der Waals surface area contributed by atoms with Gasteiger partial charge in [0, 0.05) is 3.57 Å². The lowest BCUT2D eigenvalue weighted by Gasteiger charge is -2.04. The quantitative estimate of drug-likeness (QED) is 0.799. The van der Waals surface area contributed by atoms with Gasteiger partial charge in [-0.15, -0.1) is 10.2 Å². The van der Waals surface area contributed by atoms with Crippen LogP contribution >= 0.6 is 22.6 Å². The third-order valence-corrected chi connectivity index (χ3v) is 2.42. The Morgan fingerprint density at radius 2 is 2.29 bits per heavy atom. The molecule has 5 heteroatoms. The van der Waals surface area contributed by atoms with Crippen molar-refractivity contribution in [2.45, 2.75) is 0 Å². The van der Waals surface area contributed by atoms with Crippen LogP contribution in [0.1, 0.15) is 0 Å². The van der Waals surface area contributed by atoms with E-state index in [4.69, 9.17) is 9.15 Å². The van der Waals surface area contributed by atoms with Crippen LogP contribution in [-0.4, -0.2) is 17.3 Å². The first-order chi connectivity index (χ1) is 6.81. The van der Waals surface area contributed by atoms with Crippen LogP contribution in [0, 0.1) is 3.57 Å². The molecule has 1 aromatic heterocycles. The Bertz CT molecular complexity index is 428. The first-order valence-corrected chi connectivity index (χ1v) is 4.99. The maximum absolute atomic E-state index is 5.19. The van der Waals surface area contributed by atoms with Gasteiger partial charge in [-0.25, -0.2) is 0 Å². The molecule has 0 spiro atoms. The van der Waals surface area contributed by atoms with Crippen LogP contribution in [0.5, 0.6) is 5.75 Å². The molecular weight excluding hydrogens is 295 g/mol. The fourth-order valence-corrected chi connectivity index (χ4v) is 1.63. The third-order valence-electron chi connectivity index (χ3n) is 1.75. The zero-order valence-electron chi connectivity index (χ0n) is 7.40. The van der Waals surface area contributed by atoms with Crippen LogP contribution in [0.25, 0.3) is 11.5 Å². The van der Waals surface area contributed by atoms with Gasteiger partial charge in [0.1, 0.15) is 5.75 Å². The Hall–Kier alpha value is -1.11. The molecule has 0 fully saturated rings. The molecular formula is C9H7IN2O2. The molecule has 2 rings (SSSR count). The molecule has 0 saturated carbocycles. The Kier molecular flexibility index (Phi) is 2.67. The highest BCUT2D eigenvalue weighted by Crippen LogP contribution is 2.29. The van der Waals surface area contributed by atoms with Crippen molar-refractivity contribution in [1.29, 1.82) is 0 Å². The number of methoxy groups -OCH3 is 1. The average Bonchev–Trinajstić information content (AvgIpc) is 2.70. The van der Waals surface area contributed by atoms with Gasteiger partial charge < -0.3 is 9.15 Å². The van der Waals surface area contributed by atoms with Gasteiger partial charge in [0.25, 0.3) is 5.89 Å². The number of hydrogen-bond acceptors (Lipinski definition) is 4. The molecule has 1 heterocycles. The van der Waals surface area contributed by atoms with Gasteiger partial charge in [0.2, 0.25) is 6.39 Å². The van der Waals surface area contributed by atoms with Crippen LogP contribution in [-0.2, 0) is 0 Å². The van der Waals surface area contributed by atoms with Crippen LogP contribution in [0.2, 0.25) is 0 Å². The number of halogens is 1. The predicted octanol–water partition coefficient (Wildman–Crippen LogP) is 2.35. The monoisotopic (exact) mass is 302 g/mol. The van der Waals surface area contributed by atoms with E-state index in [1.54, 1.807) is 7.11 Å². The van der Waals surface area contributed by atoms with E-state index in [9.17, 15) is 0 Å². The van der Waals surface area contributed by atoms with Crippen molar-refractivity contribution < 1.29 is 9.15 Å². The van der Waals surface area contributed by atoms with Crippen molar-refractivity contribution in [3.8, 4) is 17.2 Å². The number of nitrogens with zero attached hydrogens (tertiary/aromatic N) is 2. The summed E-state index contributed by atoms with van der Waals surface area (Å²) in [5.74, 6) is 1.20. The number of benzene rings is 1. The zero-order valence-corrected chi connectivity index (χ0v) is 9.56. The van der Waals surface area contributed by atoms with Gasteiger partial charge in [-0.3, -0.25) is 0 Å². The van der Waals surface area contributed by atoms with Gasteiger partial charge in [-0.05, 0) is 40.8 Å². The first-order valence-electron chi connectivity index (χ1n) is 3.91. The first kappa shape index (κ1) is 9.45. The number of hydrogen-bond donors (Lipinski definition) is 0. The second-order valence-corrected chi connectivity index (χ2v) is 3.83. The molecule has 0 amide bonds. The molecule has 0 saturated heterocycles. The minimum Gasteiger partial charge on any atom is -0.496 e. The van der Waals surface area contributed by atoms with Crippen LogP contribution < -0.4 is 4.74 Å². The normalized spacial score (nSPS) is 10.1. The Labute approximate surface area is 94.4 Å². The average molecular weight is 302 g/mol. The molecule has 0 bridgehead atoms. The van der Waals surface area contributed by atoms with Crippen molar-refractivity contribution in [1.82, 2.24) is 10.2 Å². The largest absolute Gasteiger partial charge is 0.496 e. The molecule has 0 aliphatic rings. The molecule has 1 aromatic carbocycles. The van der Waals surface area contributed by atoms with Crippen LogP contribution in [0.3, 0.4) is 0 Å². The fraction of sp³-hybridized carbons (Fsp3) is 0.111. The number of ether oxygens (including phenoxy) is 1. The van der Waals surface area contributed by atoms with E-state index in [0.29, 0.717) is 5.89 Å². The van der Waals surface area contributed by atoms with E-state index in [-0.39, 0.29) is 0 Å². The summed E-state index contributed by atoms with van der Waals surface area (Å²) in [6, 6.07) is 5.77. The summed E-state index contributed by atoms with van der Waals surface area (Å²) in [5.41, 5.74) is 0.817. The molecule has 4 nitrogen and oxygen atoms in total. The smallest absolute Gasteiger partial charge is 0.251 e. The standard InChI is InChI=1S/C9H7IN2O2/c1-13-8-3-2-6(10)4-7(8)9-12-11-5-14-9/h2-5H,1H3. The Balaban J connectivity index is 2.55. The number of rotatable bonds is 2. The topological polar surface area (TPSA) is 48.2 Å². The molecule has 0 unspecified atom stereocenters. The van der Waals surface area contributed by atoms with Gasteiger partial charge in [-0.1, -0.05) is 0 Å². The fourth-order valence-electron chi connectivity index (χ4n) is 1.14. The summed E-state index contributed by atoms with van der Waals surface area (Å²) in [6.07, 6.45) is 1.30. The minimum atomic E-state index is 0.473. The molecule has 72 valence electrons. The molecule has 14 heavy (non-hydrogen) atoms. The number of aromatic nitrogens is 2. The van der Waals surface area contributed by atoms with Crippen molar-refractivity contribution in [2.75, 3.05) is 7.11 Å². The highest BCUT2D eigenvalue weighted by atomic mass is 127. The van der Waals surface area contributed by atoms with Gasteiger partial charge >= 0.3 is 0 Å². The maximum Gasteiger partial charge on any atom is 0.251 e. The lowest BCUT2D eigenvalue weighted by atomic mass is 10.2. The molecule has 0 atom stereocenters. The van der Waals surface area contributed by atoms with E-state index in [2.05, 4.69) is 32.8 Å². The van der Waals surface area contributed by atoms with Crippen LogP contribution in [0.15, 0.2) is 29.0 Å². The van der Waals surface area contributed by atoms with Crippen molar-refractivity contribution >= 4 is 22.6 Å². The lowest BCUT2D eigenvalue weighted by molar-refractivity contribution is 0.414. The van der Waals surface area contributed by atoms with E-state index in [1.807, 2.05) is 18.2 Å². The highest BCUT2D eigenvalue weighted by Gasteiger charge is 2.10. The maximum atomic E-state index is 5.19. The minimum absolute atomic E-state index is 0.473. The van der Waals surface area contributed by atoms with Crippen molar-refractivity contribution in [3.63, 3.8) is 0 Å². The lowest BCUT2D eigenvalue weighted by Crippen LogP contribution is -1.88. The summed E-state index contributed by atoms with van der Waals surface area (Å²) in [5, 5.41) is 7.47. The van der Waals surface area contributed by atoms with Crippen molar-refractivity contribution in [2.24, 2.45) is 0 Å². The van der Waals surface area contributed by atoms with E-state index in [0.717, 1.165) is 14.9 Å². The molecule has 0 aliphatic heterocycles. The summed E-state index contributed by atoms with van der Waals surface area (Å²) >= 11 is 2.22. The van der Waals surface area contributed by atoms with Crippen molar-refractivity contribution in [3.05, 3.63) is 28.2 Å². The molecule has 0 aliphatic carbocycles. The van der Waals surface area contributed by atoms with E-state index >= 15 is 0 Å². The summed E-state index contributed by atoms with van der Waals surface area (Å²) in [7, 11) is 1.61. The highest BCUT2D eigenvalue weighted by molar-refractivity contribution is 14.1. The Morgan fingerprint density at radius 3 is 2.93 bits per heavy atom. The summed E-state index contributed by atoms with van der Waals surface area (Å²) in [4.78, 5) is 0. The van der Waals surface area contributed by atoms with E-state index in [1.165, 1.54) is 6.39 Å². The molecule has 0 N–H and O–H groups in total. The second kappa shape index (κ2) is 3.95. The van der Waals surface area contributed by atoms with Crippen LogP contribution in [0.4, 0.5) is 0 Å². The third kappa shape index (κ3) is 1.72. The zero-order chi connectivity index (χ0) is 9.97. The summed E-state index contributed by atoms with van der Waals surface area (Å²) < 4.78 is 11.4. The second-order valence-electron chi connectivity index (χ2n) is 2.59. The SMILES string of the molecule is COc1ccc(I)cc1-c1nnco1. The predicted molar refractivity (Wildman–Crippen MR) is 59.0 cm³/mol.